The molecule has 1 aromatic heterocycles. The first-order chi connectivity index (χ1) is 12.0. The molecule has 3 N–H and O–H groups in total. The molecule has 6 heteroatoms. The van der Waals surface area contributed by atoms with E-state index in [1.165, 1.54) is 12.1 Å². The van der Waals surface area contributed by atoms with Crippen LogP contribution in [0.3, 0.4) is 0 Å². The molecule has 1 amide bonds. The Balaban J connectivity index is 1.69. The zero-order chi connectivity index (χ0) is 17.8. The lowest BCUT2D eigenvalue weighted by atomic mass is 9.98. The summed E-state index contributed by atoms with van der Waals surface area (Å²) in [4.78, 5) is 16.3. The standard InChI is InChI=1S/C19H17BrFN3O/c20-15-4-7-17-13(10-15)3-8-18(24-17)23-11-14(19(22)25)9-12-1-5-16(21)6-2-12/h1-8,10,14H,9,11H2,(H2,22,25)(H,23,24). The van der Waals surface area contributed by atoms with Crippen molar-refractivity contribution >= 4 is 38.6 Å². The lowest BCUT2D eigenvalue weighted by Gasteiger charge is -2.15. The van der Waals surface area contributed by atoms with Gasteiger partial charge in [-0.25, -0.2) is 9.37 Å². The summed E-state index contributed by atoms with van der Waals surface area (Å²) in [6.45, 7) is 0.363. The van der Waals surface area contributed by atoms with Gasteiger partial charge in [0.05, 0.1) is 11.4 Å². The number of aromatic nitrogens is 1. The highest BCUT2D eigenvalue weighted by Crippen LogP contribution is 2.20. The van der Waals surface area contributed by atoms with Crippen molar-refractivity contribution in [1.29, 1.82) is 0 Å². The van der Waals surface area contributed by atoms with Crippen molar-refractivity contribution in [1.82, 2.24) is 4.98 Å². The van der Waals surface area contributed by atoms with E-state index >= 15 is 0 Å². The topological polar surface area (TPSA) is 68.0 Å². The van der Waals surface area contributed by atoms with Crippen LogP contribution >= 0.6 is 15.9 Å². The lowest BCUT2D eigenvalue weighted by Crippen LogP contribution is -2.31. The number of nitrogens with two attached hydrogens (primary N) is 1. The van der Waals surface area contributed by atoms with Gasteiger partial charge in [0.2, 0.25) is 5.91 Å². The molecule has 0 aliphatic rings. The number of benzene rings is 2. The van der Waals surface area contributed by atoms with Gasteiger partial charge in [-0.3, -0.25) is 4.79 Å². The van der Waals surface area contributed by atoms with Gasteiger partial charge in [0.1, 0.15) is 11.6 Å². The van der Waals surface area contributed by atoms with Crippen LogP contribution in [0.4, 0.5) is 10.2 Å². The number of carbonyl (C=O) groups is 1. The Bertz CT molecular complexity index is 899. The molecule has 1 unspecified atom stereocenters. The molecule has 2 aromatic carbocycles. The van der Waals surface area contributed by atoms with Crippen molar-refractivity contribution in [3.8, 4) is 0 Å². The van der Waals surface area contributed by atoms with Crippen LogP contribution in [-0.4, -0.2) is 17.4 Å². The molecule has 128 valence electrons. The largest absolute Gasteiger partial charge is 0.369 e. The molecule has 0 spiro atoms. The maximum absolute atomic E-state index is 13.0. The van der Waals surface area contributed by atoms with Crippen molar-refractivity contribution in [2.75, 3.05) is 11.9 Å². The summed E-state index contributed by atoms with van der Waals surface area (Å²) >= 11 is 3.43. The molecule has 0 fully saturated rings. The quantitative estimate of drug-likeness (QED) is 0.658. The van der Waals surface area contributed by atoms with Crippen molar-refractivity contribution in [2.45, 2.75) is 6.42 Å². The fraction of sp³-hybridized carbons (Fsp3) is 0.158. The van der Waals surface area contributed by atoms with Crippen LogP contribution in [0.15, 0.2) is 59.1 Å². The third kappa shape index (κ3) is 4.54. The van der Waals surface area contributed by atoms with E-state index < -0.39 is 11.8 Å². The highest BCUT2D eigenvalue weighted by atomic mass is 79.9. The predicted molar refractivity (Wildman–Crippen MR) is 101 cm³/mol. The van der Waals surface area contributed by atoms with E-state index in [0.717, 1.165) is 20.9 Å². The van der Waals surface area contributed by atoms with Crippen LogP contribution in [0.2, 0.25) is 0 Å². The Morgan fingerprint density at radius 1 is 1.16 bits per heavy atom. The SMILES string of the molecule is NC(=O)C(CNc1ccc2cc(Br)ccc2n1)Cc1ccc(F)cc1. The molecule has 0 radical (unpaired) electrons. The van der Waals surface area contributed by atoms with Gasteiger partial charge in [-0.1, -0.05) is 28.1 Å². The van der Waals surface area contributed by atoms with Crippen LogP contribution in [0.1, 0.15) is 5.56 Å². The van der Waals surface area contributed by atoms with E-state index in [9.17, 15) is 9.18 Å². The molecular weight excluding hydrogens is 385 g/mol. The number of fused-ring (bicyclic) bond motifs is 1. The van der Waals surface area contributed by atoms with E-state index in [-0.39, 0.29) is 5.82 Å². The highest BCUT2D eigenvalue weighted by Gasteiger charge is 2.16. The van der Waals surface area contributed by atoms with Crippen molar-refractivity contribution in [3.63, 3.8) is 0 Å². The molecule has 0 bridgehead atoms. The highest BCUT2D eigenvalue weighted by molar-refractivity contribution is 9.10. The summed E-state index contributed by atoms with van der Waals surface area (Å²) in [5.74, 6) is -0.431. The summed E-state index contributed by atoms with van der Waals surface area (Å²) in [6, 6.07) is 15.8. The summed E-state index contributed by atoms with van der Waals surface area (Å²) in [5.41, 5.74) is 7.23. The van der Waals surface area contributed by atoms with Crippen LogP contribution in [0.5, 0.6) is 0 Å². The number of primary amides is 1. The maximum atomic E-state index is 13.0. The molecular formula is C19H17BrFN3O. The molecule has 1 atom stereocenters. The zero-order valence-corrected chi connectivity index (χ0v) is 15.0. The third-order valence-corrected chi connectivity index (χ3v) is 4.47. The van der Waals surface area contributed by atoms with Crippen molar-refractivity contribution in [2.24, 2.45) is 11.7 Å². The van der Waals surface area contributed by atoms with Gasteiger partial charge in [0, 0.05) is 16.4 Å². The number of nitrogens with zero attached hydrogens (tertiary/aromatic N) is 1. The van der Waals surface area contributed by atoms with Crippen molar-refractivity contribution in [3.05, 3.63) is 70.5 Å². The molecule has 25 heavy (non-hydrogen) atoms. The minimum absolute atomic E-state index is 0.301. The lowest BCUT2D eigenvalue weighted by molar-refractivity contribution is -0.121. The smallest absolute Gasteiger partial charge is 0.222 e. The molecule has 1 heterocycles. The minimum atomic E-state index is -0.409. The van der Waals surface area contributed by atoms with Crippen LogP contribution < -0.4 is 11.1 Å². The Kier molecular flexibility index (Phi) is 5.28. The van der Waals surface area contributed by atoms with Gasteiger partial charge >= 0.3 is 0 Å². The van der Waals surface area contributed by atoms with Gasteiger partial charge in [-0.15, -0.1) is 0 Å². The first kappa shape index (κ1) is 17.4. The molecule has 0 aliphatic heterocycles. The minimum Gasteiger partial charge on any atom is -0.369 e. The van der Waals surface area contributed by atoms with E-state index in [1.807, 2.05) is 30.3 Å². The Morgan fingerprint density at radius 3 is 2.64 bits per heavy atom. The van der Waals surface area contributed by atoms with Crippen LogP contribution in [0.25, 0.3) is 10.9 Å². The number of carbonyl (C=O) groups excluding carboxylic acids is 1. The number of amides is 1. The van der Waals surface area contributed by atoms with Crippen molar-refractivity contribution < 1.29 is 9.18 Å². The molecule has 3 rings (SSSR count). The maximum Gasteiger partial charge on any atom is 0.222 e. The number of hydrogen-bond donors (Lipinski definition) is 2. The number of rotatable bonds is 6. The van der Waals surface area contributed by atoms with Gasteiger partial charge in [0.15, 0.2) is 0 Å². The van der Waals surface area contributed by atoms with E-state index in [0.29, 0.717) is 18.8 Å². The van der Waals surface area contributed by atoms with Gasteiger partial charge < -0.3 is 11.1 Å². The number of pyridine rings is 1. The predicted octanol–water partition coefficient (Wildman–Crippen LogP) is 3.89. The molecule has 0 saturated carbocycles. The second kappa shape index (κ2) is 7.61. The zero-order valence-electron chi connectivity index (χ0n) is 13.4. The first-order valence-electron chi connectivity index (χ1n) is 7.85. The van der Waals surface area contributed by atoms with Gasteiger partial charge in [-0.05, 0) is 54.4 Å². The van der Waals surface area contributed by atoms with Crippen LogP contribution in [0, 0.1) is 11.7 Å². The van der Waals surface area contributed by atoms with Gasteiger partial charge in [-0.2, -0.15) is 0 Å². The monoisotopic (exact) mass is 401 g/mol. The second-order valence-corrected chi connectivity index (χ2v) is 6.76. The number of anilines is 1. The van der Waals surface area contributed by atoms with E-state index in [4.69, 9.17) is 5.73 Å². The molecule has 4 nitrogen and oxygen atoms in total. The average molecular weight is 402 g/mol. The number of nitrogens with one attached hydrogen (secondary N) is 1. The summed E-state index contributed by atoms with van der Waals surface area (Å²) < 4.78 is 14.0. The fourth-order valence-corrected chi connectivity index (χ4v) is 2.98. The summed E-state index contributed by atoms with van der Waals surface area (Å²) in [5, 5.41) is 4.19. The average Bonchev–Trinajstić information content (AvgIpc) is 2.60. The number of hydrogen-bond acceptors (Lipinski definition) is 3. The Hall–Kier alpha value is -2.47. The van der Waals surface area contributed by atoms with E-state index in [1.54, 1.807) is 12.1 Å². The summed E-state index contributed by atoms with van der Waals surface area (Å²) in [7, 11) is 0. The second-order valence-electron chi connectivity index (χ2n) is 5.84. The molecule has 0 aliphatic carbocycles. The Morgan fingerprint density at radius 2 is 1.92 bits per heavy atom. The first-order valence-corrected chi connectivity index (χ1v) is 8.64. The molecule has 0 saturated heterocycles. The Labute approximate surface area is 153 Å². The normalized spacial score (nSPS) is 12.1. The number of halogens is 2. The molecule has 3 aromatic rings. The summed E-state index contributed by atoms with van der Waals surface area (Å²) in [6.07, 6.45) is 0.448. The van der Waals surface area contributed by atoms with Crippen LogP contribution in [-0.2, 0) is 11.2 Å². The fourth-order valence-electron chi connectivity index (χ4n) is 2.60. The third-order valence-electron chi connectivity index (χ3n) is 3.98. The van der Waals surface area contributed by atoms with Gasteiger partial charge in [0.25, 0.3) is 0 Å². The van der Waals surface area contributed by atoms with E-state index in [2.05, 4.69) is 26.2 Å².